The van der Waals surface area contributed by atoms with Crippen molar-refractivity contribution in [1.29, 1.82) is 16.2 Å². The molecule has 6 atom stereocenters. The zero-order chi connectivity index (χ0) is 49.4. The van der Waals surface area contributed by atoms with Gasteiger partial charge in [-0.15, -0.1) is 0 Å². The molecule has 0 aromatic rings. The first-order valence-electron chi connectivity index (χ1n) is 18.2. The number of nitrogens with two attached hydrogens (primary N) is 4. The Morgan fingerprint density at radius 3 is 1.05 bits per heavy atom. The molecule has 0 radical (unpaired) electrons. The molecule has 368 valence electrons. The molecule has 0 aliphatic heterocycles. The van der Waals surface area contributed by atoms with E-state index in [1.54, 1.807) is 0 Å². The Kier molecular flexibility index (Phi) is 26.4. The summed E-state index contributed by atoms with van der Waals surface area (Å²) in [6.45, 7) is -3.87. The van der Waals surface area contributed by atoms with Gasteiger partial charge in [-0.2, -0.15) is 0 Å². The van der Waals surface area contributed by atoms with Crippen LogP contribution in [0.25, 0.3) is 0 Å². The maximum Gasteiger partial charge on any atom is 0.469 e. The van der Waals surface area contributed by atoms with Gasteiger partial charge in [-0.1, -0.05) is 0 Å². The number of hydrogen-bond acceptors (Lipinski definition) is 16. The number of carbonyl (C=O) groups excluding carboxylic acids is 5. The van der Waals surface area contributed by atoms with Crippen LogP contribution in [-0.2, 0) is 56.0 Å². The van der Waals surface area contributed by atoms with Crippen molar-refractivity contribution in [3.63, 3.8) is 0 Å². The summed E-state index contributed by atoms with van der Waals surface area (Å²) in [5, 5.41) is 49.1. The van der Waals surface area contributed by atoms with E-state index in [4.69, 9.17) is 48.9 Å². The van der Waals surface area contributed by atoms with Crippen LogP contribution < -0.4 is 65.5 Å². The summed E-state index contributed by atoms with van der Waals surface area (Å²) in [5.41, 5.74) is 21.3. The van der Waals surface area contributed by atoms with E-state index < -0.39 is 139 Å². The zero-order valence-electron chi connectivity index (χ0n) is 33.6. The quantitative estimate of drug-likeness (QED) is 0.0129. The van der Waals surface area contributed by atoms with Crippen molar-refractivity contribution < 1.29 is 90.5 Å². The molecule has 0 heterocycles. The summed E-state index contributed by atoms with van der Waals surface area (Å²) < 4.78 is 47.3. The van der Waals surface area contributed by atoms with Gasteiger partial charge in [0.1, 0.15) is 36.3 Å². The average Bonchev–Trinajstić information content (AvgIpc) is 3.15. The van der Waals surface area contributed by atoms with Crippen LogP contribution in [0.3, 0.4) is 0 Å². The van der Waals surface area contributed by atoms with Gasteiger partial charge in [0, 0.05) is 19.6 Å². The fourth-order valence-electron chi connectivity index (χ4n) is 4.71. The molecule has 0 saturated carbocycles. The number of carboxylic acids is 1. The number of phosphoric acid groups is 3. The molecule has 34 nitrogen and oxygen atoms in total. The van der Waals surface area contributed by atoms with Gasteiger partial charge in [-0.25, -0.2) is 18.5 Å². The Labute approximate surface area is 363 Å². The Balaban J connectivity index is 6.73. The van der Waals surface area contributed by atoms with Gasteiger partial charge < -0.3 is 99.9 Å². The molecule has 64 heavy (non-hydrogen) atoms. The highest BCUT2D eigenvalue weighted by molar-refractivity contribution is 7.46. The molecule has 37 heteroatoms. The molecule has 0 aromatic heterocycles. The van der Waals surface area contributed by atoms with E-state index in [9.17, 15) is 67.1 Å². The lowest BCUT2D eigenvalue weighted by Gasteiger charge is -2.27. The van der Waals surface area contributed by atoms with Crippen LogP contribution in [0.2, 0.25) is 0 Å². The van der Waals surface area contributed by atoms with E-state index in [0.717, 1.165) is 0 Å². The number of rotatable bonds is 32. The third-order valence-corrected chi connectivity index (χ3v) is 9.14. The average molecular weight is 988 g/mol. The third kappa shape index (κ3) is 29.3. The van der Waals surface area contributed by atoms with Gasteiger partial charge in [-0.3, -0.25) is 53.8 Å². The second-order valence-corrected chi connectivity index (χ2v) is 16.8. The van der Waals surface area contributed by atoms with E-state index in [1.165, 1.54) is 0 Å². The lowest BCUT2D eigenvalue weighted by Crippen LogP contribution is -2.60. The molecule has 0 aromatic carbocycles. The highest BCUT2D eigenvalue weighted by Crippen LogP contribution is 2.37. The standard InChI is InChI=1S/C27H56N15O19P3/c28-13(10-59-62(50,51)52)19(43)38-14(4-1-7-35-25(29)30)20(44)41-17(11-60-63(53,54)55)22(46)39-15(5-2-8-36-26(31)32)21(45)42-18(12-61-64(56,57)58)23(47)40-16(24(48)49)6-3-9-37-27(33)34/h13-18H,1-12,28H2,(H,38,43)(H,39,46)(H,40,47)(H,41,44)(H,42,45)(H,48,49)(H4,29,30,35)(H4,31,32,36)(H4,33,34,37)(H2,50,51,52)(H2,53,54,55)(H2,56,57,58)/t13-,14-,15-,16-,17-,18-/m0/s1. The normalized spacial score (nSPS) is 14.5. The molecule has 0 fully saturated rings. The number of guanidine groups is 3. The monoisotopic (exact) mass is 987 g/mol. The fourth-order valence-corrected chi connectivity index (χ4v) is 5.75. The Morgan fingerprint density at radius 2 is 0.734 bits per heavy atom. The molecule has 0 spiro atoms. The largest absolute Gasteiger partial charge is 0.480 e. The minimum absolute atomic E-state index is 0.00369. The first-order chi connectivity index (χ1) is 29.4. The van der Waals surface area contributed by atoms with E-state index >= 15 is 0 Å². The molecule has 0 aliphatic rings. The van der Waals surface area contributed by atoms with Gasteiger partial charge >= 0.3 is 29.4 Å². The summed E-state index contributed by atoms with van der Waals surface area (Å²) in [6, 6.07) is -11.3. The molecule has 5 amide bonds. The minimum atomic E-state index is -5.42. The highest BCUT2D eigenvalue weighted by atomic mass is 31.2. The van der Waals surface area contributed by atoms with Crippen molar-refractivity contribution in [3.05, 3.63) is 0 Å². The smallest absolute Gasteiger partial charge is 0.469 e. The van der Waals surface area contributed by atoms with Crippen molar-refractivity contribution in [1.82, 2.24) is 42.5 Å². The van der Waals surface area contributed by atoms with Crippen LogP contribution >= 0.6 is 23.5 Å². The Hall–Kier alpha value is -5.08. The summed E-state index contributed by atoms with van der Waals surface area (Å²) in [6.07, 6.45) is -1.24. The molecule has 0 saturated heterocycles. The molecule has 0 aliphatic carbocycles. The first-order valence-corrected chi connectivity index (χ1v) is 22.8. The molecular weight excluding hydrogens is 931 g/mol. The number of amides is 5. The van der Waals surface area contributed by atoms with E-state index in [-0.39, 0.29) is 51.7 Å². The Bertz CT molecular complexity index is 1780. The number of nitrogens with one attached hydrogen (secondary N) is 11. The third-order valence-electron chi connectivity index (χ3n) is 7.68. The molecule has 0 rings (SSSR count). The maximum absolute atomic E-state index is 13.7. The summed E-state index contributed by atoms with van der Waals surface area (Å²) in [4.78, 5) is 134. The van der Waals surface area contributed by atoms with Crippen LogP contribution in [0.15, 0.2) is 0 Å². The van der Waals surface area contributed by atoms with Crippen LogP contribution in [0.4, 0.5) is 0 Å². The SMILES string of the molecule is N=C(N)NCCC[C@H](NC(=O)[C@H](COP(=O)(O)O)NC(=O)[C@H](CCCNC(=N)N)NC(=O)[C@H](COP(=O)(O)O)NC(=O)[C@H](CCCNC(=N)N)NC(=O)[C@@H](N)COP(=O)(O)O)C(=O)O. The van der Waals surface area contributed by atoms with Crippen molar-refractivity contribution in [3.8, 4) is 0 Å². The maximum atomic E-state index is 13.7. The summed E-state index contributed by atoms with van der Waals surface area (Å²) in [7, 11) is -15.9. The predicted molar refractivity (Wildman–Crippen MR) is 217 cm³/mol. The number of aliphatic carboxylic acids is 1. The summed E-state index contributed by atoms with van der Waals surface area (Å²) >= 11 is 0. The van der Waals surface area contributed by atoms with Crippen LogP contribution in [0.5, 0.6) is 0 Å². The fraction of sp³-hybridized carbons (Fsp3) is 0.667. The highest BCUT2D eigenvalue weighted by Gasteiger charge is 2.35. The number of carbonyl (C=O) groups is 6. The second-order valence-electron chi connectivity index (χ2n) is 13.1. The van der Waals surface area contributed by atoms with Gasteiger partial charge in [0.05, 0.1) is 19.8 Å². The first kappa shape index (κ1) is 58.9. The second kappa shape index (κ2) is 28.7. The van der Waals surface area contributed by atoms with E-state index in [1.807, 2.05) is 0 Å². The van der Waals surface area contributed by atoms with Crippen LogP contribution in [-0.4, -0.2) is 164 Å². The predicted octanol–water partition coefficient (Wildman–Crippen LogP) is -8.06. The van der Waals surface area contributed by atoms with Gasteiger partial charge in [0.2, 0.25) is 29.5 Å². The van der Waals surface area contributed by atoms with E-state index in [0.29, 0.717) is 0 Å². The lowest BCUT2D eigenvalue weighted by atomic mass is 10.1. The van der Waals surface area contributed by atoms with E-state index in [2.05, 4.69) is 56.1 Å². The number of phosphoric ester groups is 3. The van der Waals surface area contributed by atoms with Crippen molar-refractivity contribution in [2.24, 2.45) is 22.9 Å². The van der Waals surface area contributed by atoms with Crippen molar-refractivity contribution >= 4 is 76.9 Å². The lowest BCUT2D eigenvalue weighted by molar-refractivity contribution is -0.142. The zero-order valence-corrected chi connectivity index (χ0v) is 36.3. The molecule has 0 unspecified atom stereocenters. The number of hydrogen-bond donors (Lipinski definition) is 22. The van der Waals surface area contributed by atoms with Crippen molar-refractivity contribution in [2.45, 2.75) is 74.8 Å². The number of carboxylic acid groups (broad SMARTS) is 1. The molecular formula is C27H56N15O19P3. The van der Waals surface area contributed by atoms with Crippen molar-refractivity contribution in [2.75, 3.05) is 39.5 Å². The van der Waals surface area contributed by atoms with Gasteiger partial charge in [0.25, 0.3) is 0 Å². The van der Waals surface area contributed by atoms with Gasteiger partial charge in [0.15, 0.2) is 17.9 Å². The molecule has 26 N–H and O–H groups in total. The topological polar surface area (TPSA) is 595 Å². The summed E-state index contributed by atoms with van der Waals surface area (Å²) in [5.74, 6) is -9.66. The minimum Gasteiger partial charge on any atom is -0.480 e. The molecule has 0 bridgehead atoms. The Morgan fingerprint density at radius 1 is 0.469 bits per heavy atom. The van der Waals surface area contributed by atoms with Crippen LogP contribution in [0.1, 0.15) is 38.5 Å². The van der Waals surface area contributed by atoms with Crippen LogP contribution in [0, 0.1) is 16.2 Å². The van der Waals surface area contributed by atoms with Gasteiger partial charge in [-0.05, 0) is 38.5 Å².